The van der Waals surface area contributed by atoms with Crippen molar-refractivity contribution in [2.45, 2.75) is 13.0 Å². The number of terminal acetylenes is 1. The van der Waals surface area contributed by atoms with Crippen LogP contribution in [-0.2, 0) is 0 Å². The fraction of sp³-hybridized carbons (Fsp3) is 0.231. The van der Waals surface area contributed by atoms with E-state index in [0.717, 1.165) is 0 Å². The van der Waals surface area contributed by atoms with Gasteiger partial charge in [-0.1, -0.05) is 18.1 Å². The largest absolute Gasteiger partial charge is 0.324 e. The molecule has 1 saturated heterocycles. The Bertz CT molecular complexity index is 562. The molecule has 1 heterocycles. The molecule has 0 bridgehead atoms. The second-order valence-corrected chi connectivity index (χ2v) is 4.09. The van der Waals surface area contributed by atoms with Gasteiger partial charge in [-0.05, 0) is 24.1 Å². The summed E-state index contributed by atoms with van der Waals surface area (Å²) in [5.74, 6) is 2.12. The lowest BCUT2D eigenvalue weighted by Crippen LogP contribution is -2.30. The zero-order valence-corrected chi connectivity index (χ0v) is 9.83. The molecule has 92 valence electrons. The molecular weight excluding hydrogens is 233 g/mol. The summed E-state index contributed by atoms with van der Waals surface area (Å²) in [4.78, 5) is 13.0. The zero-order chi connectivity index (χ0) is 13.3. The first kappa shape index (κ1) is 12.1. The molecule has 2 N–H and O–H groups in total. The summed E-state index contributed by atoms with van der Waals surface area (Å²) in [6.07, 6.45) is 5.21. The number of hydrogen-bond acceptors (Lipinski definition) is 2. The summed E-state index contributed by atoms with van der Waals surface area (Å²) in [7, 11) is 0. The summed E-state index contributed by atoms with van der Waals surface area (Å²) in [6.45, 7) is 1.74. The average molecular weight is 245 g/mol. The van der Waals surface area contributed by atoms with Crippen LogP contribution in [0.2, 0.25) is 0 Å². The number of rotatable bonds is 2. The highest BCUT2D eigenvalue weighted by Crippen LogP contribution is 2.26. The summed E-state index contributed by atoms with van der Waals surface area (Å²) < 4.78 is 13.2. The van der Waals surface area contributed by atoms with Gasteiger partial charge in [0.25, 0.3) is 0 Å². The van der Waals surface area contributed by atoms with Crippen LogP contribution in [0.5, 0.6) is 0 Å². The lowest BCUT2D eigenvalue weighted by molar-refractivity contribution is 0.212. The smallest absolute Gasteiger partial charge is 0.299 e. The quantitative estimate of drug-likeness (QED) is 0.767. The van der Waals surface area contributed by atoms with Crippen molar-refractivity contribution < 1.29 is 9.18 Å². The molecule has 1 aromatic carbocycles. The number of halogens is 1. The molecule has 0 radical (unpaired) electrons. The highest BCUT2D eigenvalue weighted by molar-refractivity contribution is 6.06. The van der Waals surface area contributed by atoms with Gasteiger partial charge in [0.2, 0.25) is 0 Å². The monoisotopic (exact) mass is 245 g/mol. The van der Waals surface area contributed by atoms with Crippen LogP contribution in [0.3, 0.4) is 0 Å². The predicted molar refractivity (Wildman–Crippen MR) is 65.7 cm³/mol. The van der Waals surface area contributed by atoms with Gasteiger partial charge in [-0.3, -0.25) is 15.6 Å². The van der Waals surface area contributed by atoms with E-state index in [0.29, 0.717) is 11.1 Å². The molecule has 18 heavy (non-hydrogen) atoms. The highest BCUT2D eigenvalue weighted by atomic mass is 19.1. The van der Waals surface area contributed by atoms with Gasteiger partial charge in [0.15, 0.2) is 0 Å². The summed E-state index contributed by atoms with van der Waals surface area (Å²) >= 11 is 0. The molecule has 0 spiro atoms. The van der Waals surface area contributed by atoms with Gasteiger partial charge in [0, 0.05) is 0 Å². The predicted octanol–water partition coefficient (Wildman–Crippen LogP) is 1.81. The molecule has 1 unspecified atom stereocenters. The lowest BCUT2D eigenvalue weighted by Gasteiger charge is -2.21. The Morgan fingerprint density at radius 2 is 2.33 bits per heavy atom. The lowest BCUT2D eigenvalue weighted by atomic mass is 10.0. The third-order valence-electron chi connectivity index (χ3n) is 2.85. The van der Waals surface area contributed by atoms with Crippen molar-refractivity contribution in [1.29, 1.82) is 5.41 Å². The minimum atomic E-state index is -0.562. The molecule has 0 aliphatic carbocycles. The van der Waals surface area contributed by atoms with E-state index in [2.05, 4.69) is 11.2 Å². The van der Waals surface area contributed by atoms with E-state index in [1.54, 1.807) is 19.1 Å². The van der Waals surface area contributed by atoms with Crippen LogP contribution in [0.15, 0.2) is 18.2 Å². The Morgan fingerprint density at radius 1 is 1.61 bits per heavy atom. The second kappa shape index (κ2) is 4.49. The van der Waals surface area contributed by atoms with Crippen molar-refractivity contribution in [2.24, 2.45) is 0 Å². The first-order chi connectivity index (χ1) is 8.54. The van der Waals surface area contributed by atoms with E-state index in [9.17, 15) is 9.18 Å². The molecule has 0 aromatic heterocycles. The van der Waals surface area contributed by atoms with Crippen molar-refractivity contribution in [2.75, 3.05) is 6.54 Å². The molecule has 1 atom stereocenters. The number of hydrogen-bond donors (Lipinski definition) is 2. The summed E-state index contributed by atoms with van der Waals surface area (Å²) in [6, 6.07) is 3.55. The Balaban J connectivity index is 2.41. The molecule has 1 aliphatic heterocycles. The van der Waals surface area contributed by atoms with Crippen molar-refractivity contribution >= 4 is 11.9 Å². The maximum atomic E-state index is 13.2. The van der Waals surface area contributed by atoms with Crippen LogP contribution in [0, 0.1) is 30.5 Å². The standard InChI is InChI=1S/C13H12FN3O/c1-3-6-17-11(12(15)16-13(17)18)9-4-5-10(14)8(2)7-9/h1,4-5,7,11H,6H2,2H3,(H2,15,16,18). The first-order valence-electron chi connectivity index (χ1n) is 5.40. The minimum Gasteiger partial charge on any atom is -0.299 e. The molecule has 4 nitrogen and oxygen atoms in total. The first-order valence-corrected chi connectivity index (χ1v) is 5.40. The van der Waals surface area contributed by atoms with Crippen LogP contribution in [0.25, 0.3) is 0 Å². The van der Waals surface area contributed by atoms with Crippen LogP contribution in [0.1, 0.15) is 17.2 Å². The van der Waals surface area contributed by atoms with Gasteiger partial charge in [0.05, 0.1) is 6.54 Å². The van der Waals surface area contributed by atoms with Crippen LogP contribution in [-0.4, -0.2) is 23.3 Å². The topological polar surface area (TPSA) is 56.2 Å². The van der Waals surface area contributed by atoms with E-state index in [4.69, 9.17) is 11.8 Å². The van der Waals surface area contributed by atoms with Crippen molar-refractivity contribution in [3.05, 3.63) is 35.1 Å². The van der Waals surface area contributed by atoms with E-state index in [1.165, 1.54) is 11.0 Å². The highest BCUT2D eigenvalue weighted by Gasteiger charge is 2.36. The van der Waals surface area contributed by atoms with Gasteiger partial charge in [-0.2, -0.15) is 0 Å². The van der Waals surface area contributed by atoms with Gasteiger partial charge < -0.3 is 0 Å². The maximum absolute atomic E-state index is 13.2. The van der Waals surface area contributed by atoms with Gasteiger partial charge >= 0.3 is 6.03 Å². The number of carbonyl (C=O) groups excluding carboxylic acids is 1. The van der Waals surface area contributed by atoms with Crippen molar-refractivity contribution in [1.82, 2.24) is 10.2 Å². The fourth-order valence-corrected chi connectivity index (χ4v) is 1.97. The van der Waals surface area contributed by atoms with E-state index in [1.807, 2.05) is 0 Å². The second-order valence-electron chi connectivity index (χ2n) is 4.09. The molecule has 1 aromatic rings. The van der Waals surface area contributed by atoms with Gasteiger partial charge in [-0.15, -0.1) is 6.42 Å². The number of nitrogens with one attached hydrogen (secondary N) is 2. The van der Waals surface area contributed by atoms with Crippen LogP contribution < -0.4 is 5.32 Å². The zero-order valence-electron chi connectivity index (χ0n) is 9.83. The molecule has 2 amide bonds. The minimum absolute atomic E-state index is 0.0567. The van der Waals surface area contributed by atoms with Gasteiger partial charge in [0.1, 0.15) is 17.7 Å². The van der Waals surface area contributed by atoms with Crippen molar-refractivity contribution in [3.8, 4) is 12.3 Å². The van der Waals surface area contributed by atoms with E-state index in [-0.39, 0.29) is 18.2 Å². The molecule has 5 heteroatoms. The number of amides is 2. The molecule has 1 fully saturated rings. The Hall–Kier alpha value is -2.35. The summed E-state index contributed by atoms with van der Waals surface area (Å²) in [5, 5.41) is 10.2. The number of benzene rings is 1. The molecule has 2 rings (SSSR count). The molecule has 1 aliphatic rings. The number of aryl methyl sites for hydroxylation is 1. The Morgan fingerprint density at radius 3 is 2.94 bits per heavy atom. The molecular formula is C13H12FN3O. The Labute approximate surface area is 104 Å². The van der Waals surface area contributed by atoms with E-state index >= 15 is 0 Å². The fourth-order valence-electron chi connectivity index (χ4n) is 1.97. The number of nitrogens with zero attached hydrogens (tertiary/aromatic N) is 1. The number of urea groups is 1. The third kappa shape index (κ3) is 1.93. The van der Waals surface area contributed by atoms with Gasteiger partial charge in [-0.25, -0.2) is 9.18 Å². The van der Waals surface area contributed by atoms with Crippen molar-refractivity contribution in [3.63, 3.8) is 0 Å². The summed E-state index contributed by atoms with van der Waals surface area (Å²) in [5.41, 5.74) is 1.15. The van der Waals surface area contributed by atoms with E-state index < -0.39 is 12.1 Å². The Kier molecular flexibility index (Phi) is 3.02. The normalized spacial score (nSPS) is 18.7. The average Bonchev–Trinajstić information content (AvgIpc) is 2.59. The number of amidine groups is 1. The van der Waals surface area contributed by atoms with Crippen LogP contribution >= 0.6 is 0 Å². The third-order valence-corrected chi connectivity index (χ3v) is 2.85. The SMILES string of the molecule is C#CCN1C(=O)NC(=N)C1c1ccc(F)c(C)c1. The van der Waals surface area contributed by atoms with Crippen LogP contribution in [0.4, 0.5) is 9.18 Å². The maximum Gasteiger partial charge on any atom is 0.324 e. The number of carbonyl (C=O) groups is 1. The molecule has 0 saturated carbocycles.